The van der Waals surface area contributed by atoms with Crippen molar-refractivity contribution in [2.24, 2.45) is 0 Å². The van der Waals surface area contributed by atoms with Gasteiger partial charge in [0, 0.05) is 13.0 Å². The topological polar surface area (TPSA) is 95.9 Å². The largest absolute Gasteiger partial charge is 0.481 e. The molecule has 2 N–H and O–H groups in total. The number of nitrogens with zero attached hydrogens (tertiary/aromatic N) is 1. The monoisotopic (exact) mass is 306 g/mol. The summed E-state index contributed by atoms with van der Waals surface area (Å²) in [4.78, 5) is 35.9. The van der Waals surface area contributed by atoms with Crippen LogP contribution in [0.3, 0.4) is 0 Å². The van der Waals surface area contributed by atoms with E-state index in [2.05, 4.69) is 5.32 Å². The Kier molecular flexibility index (Phi) is 4.98. The van der Waals surface area contributed by atoms with Crippen molar-refractivity contribution in [1.29, 1.82) is 0 Å². The van der Waals surface area contributed by atoms with Gasteiger partial charge >= 0.3 is 5.97 Å². The van der Waals surface area contributed by atoms with E-state index in [0.717, 1.165) is 0 Å². The predicted octanol–water partition coefficient (Wildman–Crippen LogP) is 0.781. The maximum absolute atomic E-state index is 12.2. The molecule has 1 aromatic carbocycles. The summed E-state index contributed by atoms with van der Waals surface area (Å²) in [5, 5.41) is 11.1. The maximum Gasteiger partial charge on any atom is 0.303 e. The van der Waals surface area contributed by atoms with Crippen LogP contribution in [-0.4, -0.2) is 42.1 Å². The molecule has 22 heavy (non-hydrogen) atoms. The van der Waals surface area contributed by atoms with Gasteiger partial charge in [-0.2, -0.15) is 0 Å². The highest BCUT2D eigenvalue weighted by molar-refractivity contribution is 6.03. The number of para-hydroxylation sites is 2. The Bertz CT molecular complexity index is 587. The minimum atomic E-state index is -0.902. The number of hydrogen-bond acceptors (Lipinski definition) is 4. The summed E-state index contributed by atoms with van der Waals surface area (Å²) in [7, 11) is 0. The van der Waals surface area contributed by atoms with E-state index in [1.165, 1.54) is 4.90 Å². The highest BCUT2D eigenvalue weighted by Gasteiger charge is 2.32. The van der Waals surface area contributed by atoms with Gasteiger partial charge in [-0.1, -0.05) is 12.1 Å². The fraction of sp³-hybridized carbons (Fsp3) is 0.400. The van der Waals surface area contributed by atoms with Crippen molar-refractivity contribution in [3.8, 4) is 5.75 Å². The van der Waals surface area contributed by atoms with Gasteiger partial charge < -0.3 is 15.2 Å². The summed E-state index contributed by atoms with van der Waals surface area (Å²) in [5.41, 5.74) is 0.561. The maximum atomic E-state index is 12.2. The normalized spacial score (nSPS) is 16.7. The summed E-state index contributed by atoms with van der Waals surface area (Å²) in [6.07, 6.45) is -0.295. The third-order valence-electron chi connectivity index (χ3n) is 3.26. The van der Waals surface area contributed by atoms with Crippen LogP contribution in [0.15, 0.2) is 24.3 Å². The van der Waals surface area contributed by atoms with Crippen LogP contribution in [0.4, 0.5) is 5.69 Å². The molecule has 1 aliphatic heterocycles. The van der Waals surface area contributed by atoms with Gasteiger partial charge in [-0.3, -0.25) is 19.3 Å². The van der Waals surface area contributed by atoms with Gasteiger partial charge in [-0.05, 0) is 25.5 Å². The second-order valence-corrected chi connectivity index (χ2v) is 5.00. The highest BCUT2D eigenvalue weighted by atomic mass is 16.5. The Labute approximate surface area is 127 Å². The highest BCUT2D eigenvalue weighted by Crippen LogP contribution is 2.33. The van der Waals surface area contributed by atoms with Crippen LogP contribution in [0.2, 0.25) is 0 Å². The van der Waals surface area contributed by atoms with Crippen molar-refractivity contribution < 1.29 is 24.2 Å². The van der Waals surface area contributed by atoms with E-state index in [-0.39, 0.29) is 31.3 Å². The average molecular weight is 306 g/mol. The predicted molar refractivity (Wildman–Crippen MR) is 78.8 cm³/mol. The molecule has 1 unspecified atom stereocenters. The van der Waals surface area contributed by atoms with E-state index in [1.54, 1.807) is 31.2 Å². The number of ether oxygens (including phenoxy) is 1. The fourth-order valence-corrected chi connectivity index (χ4v) is 2.19. The standard InChI is InChI=1S/C15H18N2O5/c1-10-15(21)17(11-5-2-3-6-12(11)22-10)9-13(18)16-8-4-7-14(19)20/h2-3,5-6,10H,4,7-9H2,1H3,(H,16,18)(H,19,20). The molecule has 0 aliphatic carbocycles. The molecule has 7 heteroatoms. The molecule has 0 saturated heterocycles. The Balaban J connectivity index is 1.97. The molecule has 2 rings (SSSR count). The minimum absolute atomic E-state index is 0.00334. The Morgan fingerprint density at radius 3 is 2.82 bits per heavy atom. The van der Waals surface area contributed by atoms with Gasteiger partial charge in [0.05, 0.1) is 5.69 Å². The second-order valence-electron chi connectivity index (χ2n) is 5.00. The number of carboxylic acids is 1. The molecule has 0 fully saturated rings. The summed E-state index contributed by atoms with van der Waals surface area (Å²) in [6.45, 7) is 1.79. The molecule has 7 nitrogen and oxygen atoms in total. The van der Waals surface area contributed by atoms with Gasteiger partial charge in [0.2, 0.25) is 5.91 Å². The quantitative estimate of drug-likeness (QED) is 0.757. The molecule has 0 bridgehead atoms. The van der Waals surface area contributed by atoms with E-state index < -0.39 is 12.1 Å². The summed E-state index contributed by atoms with van der Waals surface area (Å²) in [6, 6.07) is 7.03. The summed E-state index contributed by atoms with van der Waals surface area (Å²) < 4.78 is 5.49. The number of carbonyl (C=O) groups is 3. The smallest absolute Gasteiger partial charge is 0.303 e. The third-order valence-corrected chi connectivity index (χ3v) is 3.26. The van der Waals surface area contributed by atoms with Crippen LogP contribution in [0.25, 0.3) is 0 Å². The average Bonchev–Trinajstić information content (AvgIpc) is 2.48. The number of fused-ring (bicyclic) bond motifs is 1. The zero-order chi connectivity index (χ0) is 16.1. The molecular formula is C15H18N2O5. The number of rotatable bonds is 6. The van der Waals surface area contributed by atoms with Crippen molar-refractivity contribution >= 4 is 23.5 Å². The number of amides is 2. The molecule has 1 heterocycles. The van der Waals surface area contributed by atoms with Gasteiger partial charge in [0.15, 0.2) is 6.10 Å². The van der Waals surface area contributed by atoms with Crippen LogP contribution in [0.1, 0.15) is 19.8 Å². The van der Waals surface area contributed by atoms with Crippen LogP contribution in [0, 0.1) is 0 Å². The van der Waals surface area contributed by atoms with Crippen molar-refractivity contribution in [1.82, 2.24) is 5.32 Å². The number of carbonyl (C=O) groups excluding carboxylic acids is 2. The number of carboxylic acid groups (broad SMARTS) is 1. The van der Waals surface area contributed by atoms with Crippen molar-refractivity contribution in [3.63, 3.8) is 0 Å². The van der Waals surface area contributed by atoms with E-state index in [4.69, 9.17) is 9.84 Å². The summed E-state index contributed by atoms with van der Waals surface area (Å²) >= 11 is 0. The molecule has 1 aliphatic rings. The van der Waals surface area contributed by atoms with Gasteiger partial charge in [-0.25, -0.2) is 0 Å². The lowest BCUT2D eigenvalue weighted by Gasteiger charge is -2.32. The molecular weight excluding hydrogens is 288 g/mol. The van der Waals surface area contributed by atoms with Crippen molar-refractivity contribution in [3.05, 3.63) is 24.3 Å². The number of anilines is 1. The third kappa shape index (κ3) is 3.75. The minimum Gasteiger partial charge on any atom is -0.481 e. The zero-order valence-corrected chi connectivity index (χ0v) is 12.2. The number of hydrogen-bond donors (Lipinski definition) is 2. The van der Waals surface area contributed by atoms with Crippen LogP contribution in [-0.2, 0) is 14.4 Å². The lowest BCUT2D eigenvalue weighted by atomic mass is 10.2. The van der Waals surface area contributed by atoms with Gasteiger partial charge in [-0.15, -0.1) is 0 Å². The van der Waals surface area contributed by atoms with E-state index in [1.807, 2.05) is 0 Å². The van der Waals surface area contributed by atoms with E-state index >= 15 is 0 Å². The SMILES string of the molecule is CC1Oc2ccccc2N(CC(=O)NCCCC(=O)O)C1=O. The molecule has 0 saturated carbocycles. The summed E-state index contributed by atoms with van der Waals surface area (Å²) in [5.74, 6) is -0.948. The molecule has 2 amide bonds. The molecule has 1 aromatic rings. The van der Waals surface area contributed by atoms with Crippen LogP contribution < -0.4 is 15.0 Å². The van der Waals surface area contributed by atoms with Crippen LogP contribution in [0.5, 0.6) is 5.75 Å². The first-order chi connectivity index (χ1) is 10.5. The van der Waals surface area contributed by atoms with Gasteiger partial charge in [0.25, 0.3) is 5.91 Å². The molecule has 0 spiro atoms. The number of aliphatic carboxylic acids is 1. The molecule has 0 aromatic heterocycles. The fourth-order valence-electron chi connectivity index (χ4n) is 2.19. The Morgan fingerprint density at radius 2 is 2.09 bits per heavy atom. The lowest BCUT2D eigenvalue weighted by molar-refractivity contribution is -0.137. The first-order valence-corrected chi connectivity index (χ1v) is 7.04. The van der Waals surface area contributed by atoms with E-state index in [9.17, 15) is 14.4 Å². The number of nitrogens with one attached hydrogen (secondary N) is 1. The lowest BCUT2D eigenvalue weighted by Crippen LogP contribution is -2.48. The van der Waals surface area contributed by atoms with E-state index in [0.29, 0.717) is 17.9 Å². The Hall–Kier alpha value is -2.57. The Morgan fingerprint density at radius 1 is 1.36 bits per heavy atom. The molecule has 1 atom stereocenters. The zero-order valence-electron chi connectivity index (χ0n) is 12.2. The number of benzene rings is 1. The van der Waals surface area contributed by atoms with Crippen molar-refractivity contribution in [2.75, 3.05) is 18.0 Å². The first-order valence-electron chi connectivity index (χ1n) is 7.04. The van der Waals surface area contributed by atoms with Gasteiger partial charge in [0.1, 0.15) is 12.3 Å². The molecule has 118 valence electrons. The van der Waals surface area contributed by atoms with Crippen molar-refractivity contribution in [2.45, 2.75) is 25.9 Å². The molecule has 0 radical (unpaired) electrons. The first kappa shape index (κ1) is 15.8. The second kappa shape index (κ2) is 6.93. The van der Waals surface area contributed by atoms with Crippen LogP contribution >= 0.6 is 0 Å².